The third kappa shape index (κ3) is 2.58. The summed E-state index contributed by atoms with van der Waals surface area (Å²) in [6.45, 7) is 0. The van der Waals surface area contributed by atoms with Crippen LogP contribution in [0.2, 0.25) is 0 Å². The van der Waals surface area contributed by atoms with Crippen molar-refractivity contribution >= 4 is 17.4 Å². The monoisotopic (exact) mass is 337 g/mol. The van der Waals surface area contributed by atoms with E-state index in [2.05, 4.69) is 10.3 Å². The zero-order chi connectivity index (χ0) is 17.6. The van der Waals surface area contributed by atoms with E-state index in [0.29, 0.717) is 29.1 Å². The van der Waals surface area contributed by atoms with Gasteiger partial charge in [0, 0.05) is 6.42 Å². The number of halogens is 2. The van der Waals surface area contributed by atoms with Crippen molar-refractivity contribution in [1.82, 2.24) is 5.32 Å². The minimum absolute atomic E-state index is 0.324. The molecule has 1 aliphatic carbocycles. The minimum Gasteiger partial charge on any atom is -0.313 e. The Morgan fingerprint density at radius 2 is 2.00 bits per heavy atom. The van der Waals surface area contributed by atoms with Gasteiger partial charge in [0.25, 0.3) is 5.92 Å². The lowest BCUT2D eigenvalue weighted by atomic mass is 10.1. The molecule has 1 N–H and O–H groups in total. The number of benzene rings is 2. The third-order valence-electron chi connectivity index (χ3n) is 4.58. The SMILES string of the molecule is N#Cc1ccc2c(c1)CC(NC(=O)C1C(c3ccccc3)C1(F)F)=N2. The van der Waals surface area contributed by atoms with Crippen molar-refractivity contribution < 1.29 is 13.6 Å². The van der Waals surface area contributed by atoms with E-state index in [4.69, 9.17) is 5.26 Å². The van der Waals surface area contributed by atoms with Gasteiger partial charge in [-0.05, 0) is 29.3 Å². The number of hydrogen-bond acceptors (Lipinski definition) is 3. The van der Waals surface area contributed by atoms with Gasteiger partial charge in [-0.15, -0.1) is 0 Å². The lowest BCUT2D eigenvalue weighted by Crippen LogP contribution is -2.33. The van der Waals surface area contributed by atoms with E-state index in [-0.39, 0.29) is 0 Å². The first kappa shape index (κ1) is 15.5. The number of rotatable bonds is 2. The van der Waals surface area contributed by atoms with E-state index < -0.39 is 23.7 Å². The molecular formula is C19H13F2N3O. The number of carbonyl (C=O) groups is 1. The minimum atomic E-state index is -3.05. The van der Waals surface area contributed by atoms with Gasteiger partial charge in [-0.25, -0.2) is 13.8 Å². The van der Waals surface area contributed by atoms with Crippen LogP contribution in [0.15, 0.2) is 53.5 Å². The highest BCUT2D eigenvalue weighted by Crippen LogP contribution is 2.61. The Hall–Kier alpha value is -3.07. The van der Waals surface area contributed by atoms with Crippen molar-refractivity contribution in [3.8, 4) is 6.07 Å². The summed E-state index contributed by atoms with van der Waals surface area (Å²) < 4.78 is 28.2. The second-order valence-corrected chi connectivity index (χ2v) is 6.22. The van der Waals surface area contributed by atoms with Gasteiger partial charge >= 0.3 is 0 Å². The van der Waals surface area contributed by atoms with Gasteiger partial charge in [0.15, 0.2) is 0 Å². The predicted octanol–water partition coefficient (Wildman–Crippen LogP) is 3.31. The lowest BCUT2D eigenvalue weighted by Gasteiger charge is -2.03. The summed E-state index contributed by atoms with van der Waals surface area (Å²) >= 11 is 0. The summed E-state index contributed by atoms with van der Waals surface area (Å²) in [7, 11) is 0. The molecule has 0 saturated heterocycles. The number of carbonyl (C=O) groups excluding carboxylic acids is 1. The molecule has 4 rings (SSSR count). The lowest BCUT2D eigenvalue weighted by molar-refractivity contribution is -0.123. The van der Waals surface area contributed by atoms with E-state index in [9.17, 15) is 13.6 Å². The molecule has 1 saturated carbocycles. The topological polar surface area (TPSA) is 65.2 Å². The molecule has 0 radical (unpaired) electrons. The predicted molar refractivity (Wildman–Crippen MR) is 87.7 cm³/mol. The van der Waals surface area contributed by atoms with Crippen LogP contribution in [0.1, 0.15) is 22.6 Å². The molecule has 2 atom stereocenters. The van der Waals surface area contributed by atoms with Gasteiger partial charge in [-0.3, -0.25) is 4.79 Å². The number of nitriles is 1. The van der Waals surface area contributed by atoms with E-state index in [0.717, 1.165) is 5.56 Å². The number of amidine groups is 1. The molecule has 1 fully saturated rings. The maximum atomic E-state index is 14.1. The number of fused-ring (bicyclic) bond motifs is 1. The average molecular weight is 337 g/mol. The second kappa shape index (κ2) is 5.49. The molecule has 0 aromatic heterocycles. The van der Waals surface area contributed by atoms with Gasteiger partial charge < -0.3 is 5.32 Å². The van der Waals surface area contributed by atoms with Gasteiger partial charge in [0.1, 0.15) is 11.8 Å². The molecule has 2 unspecified atom stereocenters. The summed E-state index contributed by atoms with van der Waals surface area (Å²) in [5.41, 5.74) is 2.41. The van der Waals surface area contributed by atoms with Crippen molar-refractivity contribution in [2.75, 3.05) is 0 Å². The molecule has 0 spiro atoms. The van der Waals surface area contributed by atoms with Crippen molar-refractivity contribution in [3.05, 3.63) is 65.2 Å². The molecule has 6 heteroatoms. The Labute approximate surface area is 142 Å². The molecule has 25 heavy (non-hydrogen) atoms. The summed E-state index contributed by atoms with van der Waals surface area (Å²) in [5, 5.41) is 11.4. The van der Waals surface area contributed by atoms with Crippen LogP contribution in [-0.4, -0.2) is 17.7 Å². The highest BCUT2D eigenvalue weighted by atomic mass is 19.3. The quantitative estimate of drug-likeness (QED) is 0.914. The fourth-order valence-electron chi connectivity index (χ4n) is 3.29. The normalized spacial score (nSPS) is 22.5. The standard InChI is InChI=1S/C19H13F2N3O/c20-19(21)16(12-4-2-1-3-5-12)17(19)18(25)24-15-9-13-8-11(10-22)6-7-14(13)23-15/h1-8,16-17H,9H2,(H,23,24,25). The van der Waals surface area contributed by atoms with E-state index in [1.165, 1.54) is 0 Å². The Bertz CT molecular complexity index is 931. The van der Waals surface area contributed by atoms with Gasteiger partial charge in [0.2, 0.25) is 5.91 Å². The highest BCUT2D eigenvalue weighted by Gasteiger charge is 2.72. The Kier molecular flexibility index (Phi) is 3.39. The number of amides is 1. The largest absolute Gasteiger partial charge is 0.313 e. The van der Waals surface area contributed by atoms with Gasteiger partial charge in [-0.2, -0.15) is 5.26 Å². The Balaban J connectivity index is 1.48. The molecule has 1 aliphatic heterocycles. The summed E-state index contributed by atoms with van der Waals surface area (Å²) in [6, 6.07) is 15.4. The van der Waals surface area contributed by atoms with E-state index in [1.807, 2.05) is 6.07 Å². The van der Waals surface area contributed by atoms with Crippen LogP contribution in [-0.2, 0) is 11.2 Å². The fourth-order valence-corrected chi connectivity index (χ4v) is 3.29. The Morgan fingerprint density at radius 3 is 2.72 bits per heavy atom. The van der Waals surface area contributed by atoms with Crippen LogP contribution in [0, 0.1) is 17.2 Å². The molecular weight excluding hydrogens is 324 g/mol. The molecule has 2 aliphatic rings. The smallest absolute Gasteiger partial charge is 0.268 e. The summed E-state index contributed by atoms with van der Waals surface area (Å²) in [5.74, 6) is -5.90. The molecule has 1 heterocycles. The first-order valence-corrected chi connectivity index (χ1v) is 7.85. The second-order valence-electron chi connectivity index (χ2n) is 6.22. The van der Waals surface area contributed by atoms with Crippen LogP contribution < -0.4 is 5.32 Å². The van der Waals surface area contributed by atoms with Crippen LogP contribution in [0.4, 0.5) is 14.5 Å². The van der Waals surface area contributed by atoms with Crippen LogP contribution >= 0.6 is 0 Å². The maximum Gasteiger partial charge on any atom is 0.268 e. The number of nitrogens with one attached hydrogen (secondary N) is 1. The molecule has 2 aromatic carbocycles. The zero-order valence-corrected chi connectivity index (χ0v) is 13.0. The highest BCUT2D eigenvalue weighted by molar-refractivity contribution is 6.05. The fraction of sp³-hybridized carbons (Fsp3) is 0.211. The van der Waals surface area contributed by atoms with Gasteiger partial charge in [0.05, 0.1) is 23.2 Å². The number of alkyl halides is 2. The Morgan fingerprint density at radius 1 is 1.24 bits per heavy atom. The van der Waals surface area contributed by atoms with E-state index in [1.54, 1.807) is 48.5 Å². The summed E-state index contributed by atoms with van der Waals surface area (Å²) in [6.07, 6.45) is 0.324. The van der Waals surface area contributed by atoms with Gasteiger partial charge in [-0.1, -0.05) is 30.3 Å². The van der Waals surface area contributed by atoms with Crippen LogP contribution in [0.25, 0.3) is 0 Å². The summed E-state index contributed by atoms with van der Waals surface area (Å²) in [4.78, 5) is 16.6. The van der Waals surface area contributed by atoms with Crippen LogP contribution in [0.5, 0.6) is 0 Å². The van der Waals surface area contributed by atoms with E-state index >= 15 is 0 Å². The maximum absolute atomic E-state index is 14.1. The average Bonchev–Trinajstić information content (AvgIpc) is 2.97. The van der Waals surface area contributed by atoms with Crippen molar-refractivity contribution in [3.63, 3.8) is 0 Å². The molecule has 4 nitrogen and oxygen atoms in total. The molecule has 124 valence electrons. The number of nitrogens with zero attached hydrogens (tertiary/aromatic N) is 2. The third-order valence-corrected chi connectivity index (χ3v) is 4.58. The molecule has 2 aromatic rings. The number of aliphatic imine (C=N–C) groups is 1. The van der Waals surface area contributed by atoms with Crippen molar-refractivity contribution in [2.24, 2.45) is 10.9 Å². The first-order chi connectivity index (χ1) is 12.0. The zero-order valence-electron chi connectivity index (χ0n) is 13.0. The number of hydrogen-bond donors (Lipinski definition) is 1. The van der Waals surface area contributed by atoms with Crippen molar-refractivity contribution in [1.29, 1.82) is 5.26 Å². The van der Waals surface area contributed by atoms with Crippen LogP contribution in [0.3, 0.4) is 0 Å². The molecule has 1 amide bonds. The first-order valence-electron chi connectivity index (χ1n) is 7.85. The van der Waals surface area contributed by atoms with Crippen molar-refractivity contribution in [2.45, 2.75) is 18.3 Å². The molecule has 0 bridgehead atoms.